The minimum absolute atomic E-state index is 0.0371. The summed E-state index contributed by atoms with van der Waals surface area (Å²) in [7, 11) is -3.99. The smallest absolute Gasteiger partial charge is 0.264 e. The van der Waals surface area contributed by atoms with Crippen molar-refractivity contribution in [1.82, 2.24) is 5.32 Å². The number of benzene rings is 3. The molecule has 34 heavy (non-hydrogen) atoms. The average Bonchev–Trinajstić information content (AvgIpc) is 2.77. The Morgan fingerprint density at radius 1 is 1.00 bits per heavy atom. The summed E-state index contributed by atoms with van der Waals surface area (Å²) in [4.78, 5) is 13.1. The standard InChI is InChI=1S/C27H31ClN2O3S/c1-19-7-6-8-24(17-19)30(34(32,33)25-15-13-23(28)14-16-25)18-26(31)29-20(2)21-9-11-22(12-10-21)27(3,4)5/h6-17,20H,18H2,1-5H3,(H,29,31)/t20-/m1/s1. The molecule has 5 nitrogen and oxygen atoms in total. The summed E-state index contributed by atoms with van der Waals surface area (Å²) >= 11 is 5.94. The van der Waals surface area contributed by atoms with Crippen LogP contribution < -0.4 is 9.62 Å². The van der Waals surface area contributed by atoms with E-state index in [0.717, 1.165) is 15.4 Å². The van der Waals surface area contributed by atoms with Crippen LogP contribution in [-0.2, 0) is 20.2 Å². The largest absolute Gasteiger partial charge is 0.348 e. The topological polar surface area (TPSA) is 66.5 Å². The molecule has 0 saturated carbocycles. The normalized spacial score (nSPS) is 12.8. The van der Waals surface area contributed by atoms with Gasteiger partial charge in [0, 0.05) is 5.02 Å². The third-order valence-electron chi connectivity index (χ3n) is 5.63. The number of rotatable bonds is 7. The van der Waals surface area contributed by atoms with Crippen molar-refractivity contribution in [3.05, 3.63) is 94.5 Å². The SMILES string of the molecule is Cc1cccc(N(CC(=O)N[C@H](C)c2ccc(C(C)(C)C)cc2)S(=O)(=O)c2ccc(Cl)cc2)c1. The van der Waals surface area contributed by atoms with E-state index in [9.17, 15) is 13.2 Å². The van der Waals surface area contributed by atoms with Crippen molar-refractivity contribution >= 4 is 33.2 Å². The first-order valence-corrected chi connectivity index (χ1v) is 12.9. The van der Waals surface area contributed by atoms with Crippen LogP contribution in [0.25, 0.3) is 0 Å². The molecule has 3 aromatic rings. The number of sulfonamides is 1. The van der Waals surface area contributed by atoms with Gasteiger partial charge >= 0.3 is 0 Å². The van der Waals surface area contributed by atoms with Gasteiger partial charge in [-0.15, -0.1) is 0 Å². The third kappa shape index (κ3) is 6.19. The van der Waals surface area contributed by atoms with Gasteiger partial charge in [-0.1, -0.05) is 68.8 Å². The fourth-order valence-electron chi connectivity index (χ4n) is 3.60. The van der Waals surface area contributed by atoms with E-state index in [1.54, 1.807) is 18.2 Å². The molecule has 0 spiro atoms. The highest BCUT2D eigenvalue weighted by Gasteiger charge is 2.28. The lowest BCUT2D eigenvalue weighted by atomic mass is 9.86. The molecule has 1 amide bonds. The molecular weight excluding hydrogens is 468 g/mol. The first kappa shape index (κ1) is 25.8. The van der Waals surface area contributed by atoms with Crippen LogP contribution in [0.2, 0.25) is 5.02 Å². The monoisotopic (exact) mass is 498 g/mol. The van der Waals surface area contributed by atoms with Gasteiger partial charge in [0.2, 0.25) is 5.91 Å². The molecule has 7 heteroatoms. The van der Waals surface area contributed by atoms with E-state index in [1.165, 1.54) is 29.8 Å². The third-order valence-corrected chi connectivity index (χ3v) is 7.67. The minimum atomic E-state index is -3.99. The highest BCUT2D eigenvalue weighted by molar-refractivity contribution is 7.92. The van der Waals surface area contributed by atoms with Crippen molar-refractivity contribution in [3.63, 3.8) is 0 Å². The van der Waals surface area contributed by atoms with Gasteiger partial charge in [-0.2, -0.15) is 0 Å². The number of anilines is 1. The maximum absolute atomic E-state index is 13.5. The number of hydrogen-bond donors (Lipinski definition) is 1. The molecule has 0 aliphatic heterocycles. The average molecular weight is 499 g/mol. The Morgan fingerprint density at radius 2 is 1.62 bits per heavy atom. The molecule has 3 aromatic carbocycles. The molecule has 3 rings (SSSR count). The molecule has 0 aromatic heterocycles. The van der Waals surface area contributed by atoms with Crippen LogP contribution in [0, 0.1) is 6.92 Å². The molecule has 0 bridgehead atoms. The van der Waals surface area contributed by atoms with E-state index in [-0.39, 0.29) is 22.9 Å². The van der Waals surface area contributed by atoms with E-state index >= 15 is 0 Å². The summed E-state index contributed by atoms with van der Waals surface area (Å²) < 4.78 is 28.1. The maximum atomic E-state index is 13.5. The number of aryl methyl sites for hydroxylation is 1. The predicted molar refractivity (Wildman–Crippen MR) is 139 cm³/mol. The summed E-state index contributed by atoms with van der Waals surface area (Å²) in [6.45, 7) is 9.85. The number of nitrogens with one attached hydrogen (secondary N) is 1. The van der Waals surface area contributed by atoms with Crippen LogP contribution in [0.4, 0.5) is 5.69 Å². The van der Waals surface area contributed by atoms with Gasteiger partial charge in [-0.3, -0.25) is 9.10 Å². The van der Waals surface area contributed by atoms with E-state index in [1.807, 2.05) is 32.0 Å². The summed E-state index contributed by atoms with van der Waals surface area (Å²) in [5.74, 6) is -0.397. The second kappa shape index (κ2) is 10.2. The van der Waals surface area contributed by atoms with Gasteiger partial charge in [0.05, 0.1) is 16.6 Å². The van der Waals surface area contributed by atoms with Gasteiger partial charge in [0.25, 0.3) is 10.0 Å². The molecule has 1 atom stereocenters. The lowest BCUT2D eigenvalue weighted by Gasteiger charge is -2.25. The number of carbonyl (C=O) groups is 1. The molecule has 180 valence electrons. The molecule has 0 heterocycles. The van der Waals surface area contributed by atoms with Crippen molar-refractivity contribution in [3.8, 4) is 0 Å². The zero-order chi connectivity index (χ0) is 25.1. The van der Waals surface area contributed by atoms with Gasteiger partial charge in [-0.05, 0) is 72.4 Å². The van der Waals surface area contributed by atoms with Crippen LogP contribution >= 0.6 is 11.6 Å². The number of amides is 1. The van der Waals surface area contributed by atoms with E-state index < -0.39 is 15.9 Å². The van der Waals surface area contributed by atoms with Gasteiger partial charge < -0.3 is 5.32 Å². The quantitative estimate of drug-likeness (QED) is 0.433. The van der Waals surface area contributed by atoms with E-state index in [0.29, 0.717) is 10.7 Å². The van der Waals surface area contributed by atoms with E-state index in [4.69, 9.17) is 11.6 Å². The maximum Gasteiger partial charge on any atom is 0.264 e. The number of nitrogens with zero attached hydrogens (tertiary/aromatic N) is 1. The van der Waals surface area contributed by atoms with Crippen molar-refractivity contribution in [2.24, 2.45) is 0 Å². The Labute approximate surface area is 207 Å². The number of hydrogen-bond acceptors (Lipinski definition) is 3. The molecule has 0 unspecified atom stereocenters. The molecule has 1 N–H and O–H groups in total. The molecule has 0 saturated heterocycles. The second-order valence-corrected chi connectivity index (χ2v) is 11.8. The highest BCUT2D eigenvalue weighted by Crippen LogP contribution is 2.26. The fraction of sp³-hybridized carbons (Fsp3) is 0.296. The predicted octanol–water partition coefficient (Wildman–Crippen LogP) is 6.02. The molecule has 0 aliphatic rings. The molecular formula is C27H31ClN2O3S. The van der Waals surface area contributed by atoms with Crippen LogP contribution in [0.3, 0.4) is 0 Å². The van der Waals surface area contributed by atoms with Gasteiger partial charge in [0.15, 0.2) is 0 Å². The Bertz CT molecular complexity index is 1250. The first-order valence-electron chi connectivity index (χ1n) is 11.1. The summed E-state index contributed by atoms with van der Waals surface area (Å²) in [6, 6.07) is 20.8. The first-order chi connectivity index (χ1) is 15.9. The number of carbonyl (C=O) groups excluding carboxylic acids is 1. The fourth-order valence-corrected chi connectivity index (χ4v) is 5.14. The Kier molecular flexibility index (Phi) is 7.74. The number of halogens is 1. The summed E-state index contributed by atoms with van der Waals surface area (Å²) in [6.07, 6.45) is 0. The van der Waals surface area contributed by atoms with Gasteiger partial charge in [0.1, 0.15) is 6.54 Å². The van der Waals surface area contributed by atoms with Crippen molar-refractivity contribution < 1.29 is 13.2 Å². The lowest BCUT2D eigenvalue weighted by Crippen LogP contribution is -2.41. The Balaban J connectivity index is 1.85. The van der Waals surface area contributed by atoms with Crippen molar-refractivity contribution in [2.45, 2.75) is 51.0 Å². The van der Waals surface area contributed by atoms with Gasteiger partial charge in [-0.25, -0.2) is 8.42 Å². The van der Waals surface area contributed by atoms with Crippen molar-refractivity contribution in [2.75, 3.05) is 10.8 Å². The van der Waals surface area contributed by atoms with Crippen molar-refractivity contribution in [1.29, 1.82) is 0 Å². The zero-order valence-corrected chi connectivity index (χ0v) is 21.7. The Hall–Kier alpha value is -2.83. The molecule has 0 radical (unpaired) electrons. The van der Waals surface area contributed by atoms with Crippen LogP contribution in [0.1, 0.15) is 50.4 Å². The summed E-state index contributed by atoms with van der Waals surface area (Å²) in [5.41, 5.74) is 3.50. The second-order valence-electron chi connectivity index (χ2n) is 9.47. The van der Waals surface area contributed by atoms with E-state index in [2.05, 4.69) is 38.2 Å². The lowest BCUT2D eigenvalue weighted by molar-refractivity contribution is -0.120. The van der Waals surface area contributed by atoms with Crippen LogP contribution in [0.5, 0.6) is 0 Å². The van der Waals surface area contributed by atoms with Crippen LogP contribution in [-0.4, -0.2) is 20.9 Å². The zero-order valence-electron chi connectivity index (χ0n) is 20.2. The van der Waals surface area contributed by atoms with Crippen LogP contribution in [0.15, 0.2) is 77.7 Å². The molecule has 0 fully saturated rings. The highest BCUT2D eigenvalue weighted by atomic mass is 35.5. The summed E-state index contributed by atoms with van der Waals surface area (Å²) in [5, 5.41) is 3.37. The molecule has 0 aliphatic carbocycles. The minimum Gasteiger partial charge on any atom is -0.348 e. The Morgan fingerprint density at radius 3 is 2.18 bits per heavy atom.